The van der Waals surface area contributed by atoms with E-state index in [0.717, 1.165) is 32.2 Å². The van der Waals surface area contributed by atoms with Gasteiger partial charge in [-0.2, -0.15) is 0 Å². The molecule has 0 spiro atoms. The molecule has 1 fully saturated rings. The second-order valence-corrected chi connectivity index (χ2v) is 6.21. The van der Waals surface area contributed by atoms with Gasteiger partial charge in [0, 0.05) is 24.8 Å². The number of nitrogens with one attached hydrogen (secondary N) is 1. The Labute approximate surface area is 119 Å². The van der Waals surface area contributed by atoms with Crippen molar-refractivity contribution >= 4 is 11.7 Å². The Morgan fingerprint density at radius 1 is 1.45 bits per heavy atom. The Hall–Kier alpha value is -1.55. The molecule has 0 aromatic heterocycles. The van der Waals surface area contributed by atoms with Gasteiger partial charge in [0.2, 0.25) is 0 Å². The molecule has 0 amide bonds. The SMILES string of the molecule is CC(CN1CCCc2ccccc21)(NC1CC1)C(=O)O. The summed E-state index contributed by atoms with van der Waals surface area (Å²) in [5, 5.41) is 12.9. The highest BCUT2D eigenvalue weighted by atomic mass is 16.4. The van der Waals surface area contributed by atoms with Crippen LogP contribution in [-0.4, -0.2) is 35.7 Å². The van der Waals surface area contributed by atoms with Crippen LogP contribution in [0.4, 0.5) is 5.69 Å². The third kappa shape index (κ3) is 2.66. The van der Waals surface area contributed by atoms with Gasteiger partial charge in [-0.15, -0.1) is 0 Å². The van der Waals surface area contributed by atoms with Gasteiger partial charge in [0.15, 0.2) is 0 Å². The molecule has 0 radical (unpaired) electrons. The molecule has 0 saturated heterocycles. The van der Waals surface area contributed by atoms with Crippen molar-refractivity contribution in [3.8, 4) is 0 Å². The van der Waals surface area contributed by atoms with Crippen LogP contribution in [0.3, 0.4) is 0 Å². The van der Waals surface area contributed by atoms with Crippen LogP contribution in [0.1, 0.15) is 31.7 Å². The molecule has 3 rings (SSSR count). The molecule has 1 aliphatic heterocycles. The molecule has 4 heteroatoms. The first-order chi connectivity index (χ1) is 9.58. The van der Waals surface area contributed by atoms with Crippen molar-refractivity contribution in [2.75, 3.05) is 18.0 Å². The van der Waals surface area contributed by atoms with Gasteiger partial charge in [-0.1, -0.05) is 18.2 Å². The summed E-state index contributed by atoms with van der Waals surface area (Å²) in [6, 6.07) is 8.73. The van der Waals surface area contributed by atoms with E-state index >= 15 is 0 Å². The number of aliphatic carboxylic acids is 1. The smallest absolute Gasteiger partial charge is 0.325 e. The van der Waals surface area contributed by atoms with E-state index in [-0.39, 0.29) is 0 Å². The Morgan fingerprint density at radius 3 is 2.90 bits per heavy atom. The van der Waals surface area contributed by atoms with Crippen LogP contribution in [0.25, 0.3) is 0 Å². The number of carboxylic acid groups (broad SMARTS) is 1. The second-order valence-electron chi connectivity index (χ2n) is 6.21. The molecule has 1 atom stereocenters. The number of rotatable bonds is 5. The number of carboxylic acids is 1. The van der Waals surface area contributed by atoms with Gasteiger partial charge in [0.05, 0.1) is 0 Å². The van der Waals surface area contributed by atoms with Crippen LogP contribution in [0.5, 0.6) is 0 Å². The van der Waals surface area contributed by atoms with E-state index in [2.05, 4.69) is 28.4 Å². The zero-order valence-corrected chi connectivity index (χ0v) is 11.9. The van der Waals surface area contributed by atoms with E-state index in [0.29, 0.717) is 12.6 Å². The first-order valence-electron chi connectivity index (χ1n) is 7.42. The second kappa shape index (κ2) is 5.09. The highest BCUT2D eigenvalue weighted by Crippen LogP contribution is 2.29. The van der Waals surface area contributed by atoms with Gasteiger partial charge >= 0.3 is 5.97 Å². The average molecular weight is 274 g/mol. The van der Waals surface area contributed by atoms with Crippen molar-refractivity contribution in [1.29, 1.82) is 0 Å². The maximum absolute atomic E-state index is 11.7. The predicted octanol–water partition coefficient (Wildman–Crippen LogP) is 2.03. The van der Waals surface area contributed by atoms with Crippen LogP contribution in [0, 0.1) is 0 Å². The lowest BCUT2D eigenvalue weighted by molar-refractivity contribution is -0.143. The molecule has 4 nitrogen and oxygen atoms in total. The standard InChI is InChI=1S/C16H22N2O2/c1-16(15(19)20,17-13-8-9-13)11-18-10-4-6-12-5-2-3-7-14(12)18/h2-3,5,7,13,17H,4,6,8-11H2,1H3,(H,19,20). The zero-order valence-electron chi connectivity index (χ0n) is 11.9. The van der Waals surface area contributed by atoms with Crippen LogP contribution in [0.2, 0.25) is 0 Å². The van der Waals surface area contributed by atoms with Crippen molar-refractivity contribution in [1.82, 2.24) is 5.32 Å². The van der Waals surface area contributed by atoms with E-state index in [1.807, 2.05) is 13.0 Å². The fraction of sp³-hybridized carbons (Fsp3) is 0.562. The summed E-state index contributed by atoms with van der Waals surface area (Å²) in [5.41, 5.74) is 1.66. The summed E-state index contributed by atoms with van der Waals surface area (Å²) < 4.78 is 0. The molecule has 1 unspecified atom stereocenters. The number of anilines is 1. The molecule has 20 heavy (non-hydrogen) atoms. The number of fused-ring (bicyclic) bond motifs is 1. The number of nitrogens with zero attached hydrogens (tertiary/aromatic N) is 1. The largest absolute Gasteiger partial charge is 0.480 e. The molecule has 2 N–H and O–H groups in total. The van der Waals surface area contributed by atoms with Crippen molar-refractivity contribution in [2.45, 2.75) is 44.2 Å². The Bertz CT molecular complexity index is 513. The van der Waals surface area contributed by atoms with E-state index in [1.165, 1.54) is 11.3 Å². The summed E-state index contributed by atoms with van der Waals surface area (Å²) in [6.07, 6.45) is 4.38. The summed E-state index contributed by atoms with van der Waals surface area (Å²) in [4.78, 5) is 13.9. The van der Waals surface area contributed by atoms with Crippen molar-refractivity contribution in [2.24, 2.45) is 0 Å². The maximum Gasteiger partial charge on any atom is 0.325 e. The zero-order chi connectivity index (χ0) is 14.2. The molecule has 1 aromatic rings. The molecular formula is C16H22N2O2. The average Bonchev–Trinajstić information content (AvgIpc) is 3.23. The predicted molar refractivity (Wildman–Crippen MR) is 79.2 cm³/mol. The van der Waals surface area contributed by atoms with E-state index < -0.39 is 11.5 Å². The van der Waals surface area contributed by atoms with Crippen LogP contribution >= 0.6 is 0 Å². The first-order valence-corrected chi connectivity index (χ1v) is 7.42. The third-order valence-corrected chi connectivity index (χ3v) is 4.29. The summed E-state index contributed by atoms with van der Waals surface area (Å²) in [6.45, 7) is 3.27. The molecule has 2 aliphatic rings. The molecule has 108 valence electrons. The first kappa shape index (κ1) is 13.4. The topological polar surface area (TPSA) is 52.6 Å². The number of para-hydroxylation sites is 1. The molecule has 1 aliphatic carbocycles. The van der Waals surface area contributed by atoms with Crippen molar-refractivity contribution in [3.63, 3.8) is 0 Å². The van der Waals surface area contributed by atoms with Crippen LogP contribution in [-0.2, 0) is 11.2 Å². The summed E-state index contributed by atoms with van der Waals surface area (Å²) in [5.74, 6) is -0.757. The van der Waals surface area contributed by atoms with Gasteiger partial charge in [-0.25, -0.2) is 0 Å². The molecule has 1 aromatic carbocycles. The summed E-state index contributed by atoms with van der Waals surface area (Å²) >= 11 is 0. The monoisotopic (exact) mass is 274 g/mol. The lowest BCUT2D eigenvalue weighted by Gasteiger charge is -2.38. The fourth-order valence-corrected chi connectivity index (χ4v) is 3.01. The minimum absolute atomic E-state index is 0.385. The lowest BCUT2D eigenvalue weighted by Crippen LogP contribution is -2.58. The van der Waals surface area contributed by atoms with Gasteiger partial charge in [-0.05, 0) is 44.2 Å². The third-order valence-electron chi connectivity index (χ3n) is 4.29. The minimum atomic E-state index is -0.869. The fourth-order valence-electron chi connectivity index (χ4n) is 3.01. The number of benzene rings is 1. The van der Waals surface area contributed by atoms with Gasteiger partial charge in [0.1, 0.15) is 5.54 Å². The number of carbonyl (C=O) groups is 1. The quantitative estimate of drug-likeness (QED) is 0.862. The molecule has 0 bridgehead atoms. The van der Waals surface area contributed by atoms with Gasteiger partial charge in [-0.3, -0.25) is 10.1 Å². The van der Waals surface area contributed by atoms with Gasteiger partial charge in [0.25, 0.3) is 0 Å². The van der Waals surface area contributed by atoms with E-state index in [9.17, 15) is 9.90 Å². The number of aryl methyl sites for hydroxylation is 1. The summed E-state index contributed by atoms with van der Waals surface area (Å²) in [7, 11) is 0. The molecular weight excluding hydrogens is 252 g/mol. The van der Waals surface area contributed by atoms with Crippen LogP contribution < -0.4 is 10.2 Å². The lowest BCUT2D eigenvalue weighted by atomic mass is 9.96. The van der Waals surface area contributed by atoms with Crippen molar-refractivity contribution in [3.05, 3.63) is 29.8 Å². The maximum atomic E-state index is 11.7. The minimum Gasteiger partial charge on any atom is -0.480 e. The van der Waals surface area contributed by atoms with E-state index in [4.69, 9.17) is 0 Å². The van der Waals surface area contributed by atoms with Gasteiger partial charge < -0.3 is 10.0 Å². The number of hydrogen-bond donors (Lipinski definition) is 2. The normalized spacial score (nSPS) is 21.1. The van der Waals surface area contributed by atoms with E-state index in [1.54, 1.807) is 0 Å². The number of hydrogen-bond acceptors (Lipinski definition) is 3. The highest BCUT2D eigenvalue weighted by Gasteiger charge is 2.40. The molecule has 1 saturated carbocycles. The Balaban J connectivity index is 1.80. The molecule has 1 heterocycles. The Kier molecular flexibility index (Phi) is 3.42. The Morgan fingerprint density at radius 2 is 2.20 bits per heavy atom. The highest BCUT2D eigenvalue weighted by molar-refractivity contribution is 5.79. The van der Waals surface area contributed by atoms with Crippen molar-refractivity contribution < 1.29 is 9.90 Å². The van der Waals surface area contributed by atoms with Crippen LogP contribution in [0.15, 0.2) is 24.3 Å².